The van der Waals surface area contributed by atoms with E-state index in [-0.39, 0.29) is 0 Å². The van der Waals surface area contributed by atoms with Crippen LogP contribution in [0.1, 0.15) is 55.8 Å². The summed E-state index contributed by atoms with van der Waals surface area (Å²) >= 11 is 3.64. The Hall–Kier alpha value is -0.780. The number of benzene rings is 1. The Labute approximate surface area is 126 Å². The molecule has 2 heteroatoms. The molecule has 0 saturated carbocycles. The van der Waals surface area contributed by atoms with Crippen molar-refractivity contribution in [2.75, 3.05) is 6.54 Å². The summed E-state index contributed by atoms with van der Waals surface area (Å²) in [6, 6.07) is 4.97. The highest BCUT2D eigenvalue weighted by Gasteiger charge is 2.12. The molecule has 0 heterocycles. The lowest BCUT2D eigenvalue weighted by atomic mass is 9.98. The van der Waals surface area contributed by atoms with Gasteiger partial charge in [0.25, 0.3) is 0 Å². The van der Waals surface area contributed by atoms with Gasteiger partial charge in [-0.2, -0.15) is 0 Å². The van der Waals surface area contributed by atoms with E-state index in [4.69, 9.17) is 0 Å². The molecule has 0 aliphatic carbocycles. The largest absolute Gasteiger partial charge is 0.310 e. The van der Waals surface area contributed by atoms with Gasteiger partial charge in [0.05, 0.1) is 0 Å². The summed E-state index contributed by atoms with van der Waals surface area (Å²) in [4.78, 5) is 0. The Morgan fingerprint density at radius 2 is 1.89 bits per heavy atom. The van der Waals surface area contributed by atoms with Crippen LogP contribution in [0, 0.1) is 25.7 Å². The highest BCUT2D eigenvalue weighted by Crippen LogP contribution is 2.27. The van der Waals surface area contributed by atoms with Crippen molar-refractivity contribution in [3.8, 4) is 11.8 Å². The van der Waals surface area contributed by atoms with Gasteiger partial charge in [0.2, 0.25) is 0 Å². The summed E-state index contributed by atoms with van der Waals surface area (Å²) in [5, 5.41) is 3.64. The Morgan fingerprint density at radius 1 is 1.26 bits per heavy atom. The normalized spacial score (nSPS) is 11.8. The summed E-state index contributed by atoms with van der Waals surface area (Å²) < 4.78 is 1.22. The average Bonchev–Trinajstić information content (AvgIpc) is 2.39. The molecule has 0 aliphatic heterocycles. The maximum Gasteiger partial charge on any atom is 0.0329 e. The minimum atomic E-state index is 0.409. The van der Waals surface area contributed by atoms with Gasteiger partial charge in [0.1, 0.15) is 0 Å². The van der Waals surface area contributed by atoms with Crippen molar-refractivity contribution in [1.29, 1.82) is 0 Å². The lowest BCUT2D eigenvalue weighted by molar-refractivity contribution is 0.505. The van der Waals surface area contributed by atoms with E-state index in [1.54, 1.807) is 0 Å². The Bertz CT molecular complexity index is 445. The lowest BCUT2D eigenvalue weighted by Crippen LogP contribution is -2.22. The summed E-state index contributed by atoms with van der Waals surface area (Å²) in [5.74, 6) is 6.14. The zero-order chi connectivity index (χ0) is 14.3. The van der Waals surface area contributed by atoms with Gasteiger partial charge in [-0.15, -0.1) is 11.8 Å². The van der Waals surface area contributed by atoms with Gasteiger partial charge < -0.3 is 5.32 Å². The zero-order valence-electron chi connectivity index (χ0n) is 12.4. The third-order valence-electron chi connectivity index (χ3n) is 3.24. The molecular weight excluding hydrogens is 298 g/mol. The van der Waals surface area contributed by atoms with Gasteiger partial charge in [0, 0.05) is 16.9 Å². The molecule has 1 unspecified atom stereocenters. The standard InChI is InChI=1S/C17H24BrN/c1-5-7-8-9-16(19-10-6-2)15-11-13(3)17(18)14(4)12-15/h11-12,16,19H,6,8-10H2,1-4H3. The maximum absolute atomic E-state index is 3.64. The minimum Gasteiger partial charge on any atom is -0.310 e. The van der Waals surface area contributed by atoms with Crippen molar-refractivity contribution in [3.05, 3.63) is 33.3 Å². The zero-order valence-corrected chi connectivity index (χ0v) is 14.0. The number of rotatable bonds is 6. The van der Waals surface area contributed by atoms with E-state index in [1.807, 2.05) is 6.92 Å². The molecule has 1 aromatic rings. The van der Waals surface area contributed by atoms with Crippen LogP contribution in [0.15, 0.2) is 16.6 Å². The maximum atomic E-state index is 3.64. The molecular formula is C17H24BrN. The van der Waals surface area contributed by atoms with Crippen LogP contribution in [0.25, 0.3) is 0 Å². The second-order valence-corrected chi connectivity index (χ2v) is 5.73. The number of hydrogen-bond acceptors (Lipinski definition) is 1. The van der Waals surface area contributed by atoms with Crippen molar-refractivity contribution < 1.29 is 0 Å². The topological polar surface area (TPSA) is 12.0 Å². The number of hydrogen-bond donors (Lipinski definition) is 1. The van der Waals surface area contributed by atoms with Gasteiger partial charge >= 0.3 is 0 Å². The Kier molecular flexibility index (Phi) is 7.20. The van der Waals surface area contributed by atoms with Gasteiger partial charge in [-0.3, -0.25) is 0 Å². The van der Waals surface area contributed by atoms with Crippen LogP contribution in [0.4, 0.5) is 0 Å². The van der Waals surface area contributed by atoms with E-state index in [0.717, 1.165) is 25.8 Å². The van der Waals surface area contributed by atoms with Crippen molar-refractivity contribution >= 4 is 15.9 Å². The van der Waals surface area contributed by atoms with E-state index >= 15 is 0 Å². The van der Waals surface area contributed by atoms with Crippen LogP contribution in [0.3, 0.4) is 0 Å². The smallest absolute Gasteiger partial charge is 0.0329 e. The molecule has 0 saturated heterocycles. The number of halogens is 1. The Balaban J connectivity index is 2.91. The van der Waals surface area contributed by atoms with Gasteiger partial charge in [-0.25, -0.2) is 0 Å². The van der Waals surface area contributed by atoms with Gasteiger partial charge in [0.15, 0.2) is 0 Å². The van der Waals surface area contributed by atoms with Crippen LogP contribution >= 0.6 is 15.9 Å². The number of nitrogens with one attached hydrogen (secondary N) is 1. The molecule has 1 nitrogen and oxygen atoms in total. The third-order valence-corrected chi connectivity index (χ3v) is 4.49. The van der Waals surface area contributed by atoms with E-state index in [0.29, 0.717) is 6.04 Å². The van der Waals surface area contributed by atoms with Crippen LogP contribution in [0.2, 0.25) is 0 Å². The fraction of sp³-hybridized carbons (Fsp3) is 0.529. The average molecular weight is 322 g/mol. The molecule has 0 fully saturated rings. The molecule has 1 aromatic carbocycles. The molecule has 0 amide bonds. The van der Waals surface area contributed by atoms with E-state index in [9.17, 15) is 0 Å². The van der Waals surface area contributed by atoms with Crippen LogP contribution in [-0.2, 0) is 0 Å². The lowest BCUT2D eigenvalue weighted by Gasteiger charge is -2.20. The second-order valence-electron chi connectivity index (χ2n) is 4.94. The van der Waals surface area contributed by atoms with Crippen molar-refractivity contribution in [2.24, 2.45) is 0 Å². The van der Waals surface area contributed by atoms with Crippen molar-refractivity contribution in [3.63, 3.8) is 0 Å². The van der Waals surface area contributed by atoms with Crippen LogP contribution in [-0.4, -0.2) is 6.54 Å². The van der Waals surface area contributed by atoms with Crippen molar-refractivity contribution in [2.45, 2.75) is 53.0 Å². The molecule has 0 spiro atoms. The quantitative estimate of drug-likeness (QED) is 0.734. The highest BCUT2D eigenvalue weighted by atomic mass is 79.9. The van der Waals surface area contributed by atoms with Crippen LogP contribution < -0.4 is 5.32 Å². The van der Waals surface area contributed by atoms with Crippen molar-refractivity contribution in [1.82, 2.24) is 5.32 Å². The van der Waals surface area contributed by atoms with Crippen LogP contribution in [0.5, 0.6) is 0 Å². The second kappa shape index (κ2) is 8.40. The first kappa shape index (κ1) is 16.3. The first-order valence-corrected chi connectivity index (χ1v) is 7.79. The summed E-state index contributed by atoms with van der Waals surface area (Å²) in [6.07, 6.45) is 3.18. The van der Waals surface area contributed by atoms with Gasteiger partial charge in [-0.1, -0.05) is 35.0 Å². The van der Waals surface area contributed by atoms with E-state index in [2.05, 4.69) is 66.0 Å². The highest BCUT2D eigenvalue weighted by molar-refractivity contribution is 9.10. The van der Waals surface area contributed by atoms with Gasteiger partial charge in [-0.05, 0) is 56.8 Å². The molecule has 1 N–H and O–H groups in total. The third kappa shape index (κ3) is 5.01. The molecule has 0 aromatic heterocycles. The first-order chi connectivity index (χ1) is 9.10. The fourth-order valence-corrected chi connectivity index (χ4v) is 2.46. The summed E-state index contributed by atoms with van der Waals surface area (Å²) in [5.41, 5.74) is 3.99. The molecule has 0 aliphatic rings. The monoisotopic (exact) mass is 321 g/mol. The molecule has 1 rings (SSSR count). The number of aryl methyl sites for hydroxylation is 2. The summed E-state index contributed by atoms with van der Waals surface area (Å²) in [6.45, 7) is 9.47. The molecule has 0 bridgehead atoms. The SMILES string of the molecule is CC#CCCC(NCCC)c1cc(C)c(Br)c(C)c1. The molecule has 0 radical (unpaired) electrons. The fourth-order valence-electron chi connectivity index (χ4n) is 2.23. The molecule has 19 heavy (non-hydrogen) atoms. The summed E-state index contributed by atoms with van der Waals surface area (Å²) in [7, 11) is 0. The Morgan fingerprint density at radius 3 is 2.42 bits per heavy atom. The predicted octanol–water partition coefficient (Wildman–Crippen LogP) is 4.91. The van der Waals surface area contributed by atoms with E-state index < -0.39 is 0 Å². The van der Waals surface area contributed by atoms with E-state index in [1.165, 1.54) is 21.2 Å². The molecule has 104 valence electrons. The molecule has 1 atom stereocenters. The predicted molar refractivity (Wildman–Crippen MR) is 87.3 cm³/mol. The first-order valence-electron chi connectivity index (χ1n) is 6.99. The minimum absolute atomic E-state index is 0.409.